The number of phenolic OH excluding ortho intramolecular Hbond substituents is 1. The Morgan fingerprint density at radius 3 is 2.73 bits per heavy atom. The van der Waals surface area contributed by atoms with Crippen LogP contribution >= 0.6 is 0 Å². The molecule has 0 saturated carbocycles. The summed E-state index contributed by atoms with van der Waals surface area (Å²) in [5.74, 6) is 0.325. The molecule has 0 aromatic heterocycles. The number of hydrogen-bond acceptors (Lipinski definition) is 4. The van der Waals surface area contributed by atoms with Crippen LogP contribution in [-0.2, 0) is 11.3 Å². The Morgan fingerprint density at radius 1 is 1.23 bits per heavy atom. The van der Waals surface area contributed by atoms with Crippen molar-refractivity contribution >= 4 is 12.0 Å². The van der Waals surface area contributed by atoms with Gasteiger partial charge in [0, 0.05) is 19.2 Å². The Morgan fingerprint density at radius 2 is 2.00 bits per heavy atom. The summed E-state index contributed by atoms with van der Waals surface area (Å²) in [6, 6.07) is 15.3. The molecule has 0 aliphatic heterocycles. The third kappa shape index (κ3) is 6.61. The van der Waals surface area contributed by atoms with E-state index in [0.29, 0.717) is 12.3 Å². The van der Waals surface area contributed by atoms with Crippen LogP contribution in [0.4, 0.5) is 0 Å². The van der Waals surface area contributed by atoms with Gasteiger partial charge in [0.25, 0.3) is 0 Å². The topological polar surface area (TPSA) is 61.8 Å². The molecule has 0 bridgehead atoms. The van der Waals surface area contributed by atoms with Crippen LogP contribution in [0.1, 0.15) is 17.5 Å². The molecule has 2 N–H and O–H groups in total. The minimum atomic E-state index is -0.136. The number of benzene rings is 2. The second kappa shape index (κ2) is 10.3. The number of rotatable bonds is 9. The van der Waals surface area contributed by atoms with Crippen molar-refractivity contribution in [2.24, 2.45) is 0 Å². The number of nitrogens with zero attached hydrogens (tertiary/aromatic N) is 1. The van der Waals surface area contributed by atoms with Crippen LogP contribution in [0.3, 0.4) is 0 Å². The smallest absolute Gasteiger partial charge is 0.243 e. The van der Waals surface area contributed by atoms with E-state index in [1.165, 1.54) is 18.7 Å². The molecule has 2 aromatic carbocycles. The second-order valence-electron chi connectivity index (χ2n) is 6.13. The fraction of sp³-hybridized carbons (Fsp3) is 0.286. The predicted molar refractivity (Wildman–Crippen MR) is 104 cm³/mol. The molecule has 0 heterocycles. The molecule has 0 aliphatic carbocycles. The summed E-state index contributed by atoms with van der Waals surface area (Å²) in [7, 11) is 3.57. The summed E-state index contributed by atoms with van der Waals surface area (Å²) in [6.07, 6.45) is 4.06. The van der Waals surface area contributed by atoms with Gasteiger partial charge in [0.2, 0.25) is 5.91 Å². The standard InChI is InChI=1S/C21H26N2O3/c1-23(16-18-7-4-3-5-8-18)14-6-13-22-21(25)12-10-17-9-11-19(24)20(15-17)26-2/h3-5,7-12,15,24H,6,13-14,16H2,1-2H3,(H,22,25)/b12-10+. The van der Waals surface area contributed by atoms with Crippen molar-refractivity contribution in [3.63, 3.8) is 0 Å². The first kappa shape index (κ1) is 19.5. The normalized spacial score (nSPS) is 11.0. The molecule has 0 saturated heterocycles. The van der Waals surface area contributed by atoms with Crippen molar-refractivity contribution in [1.82, 2.24) is 10.2 Å². The van der Waals surface area contributed by atoms with E-state index in [9.17, 15) is 9.90 Å². The molecule has 26 heavy (non-hydrogen) atoms. The highest BCUT2D eigenvalue weighted by molar-refractivity contribution is 5.91. The number of carbonyl (C=O) groups excluding carboxylic acids is 1. The Kier molecular flexibility index (Phi) is 7.71. The number of hydrogen-bond donors (Lipinski definition) is 2. The minimum Gasteiger partial charge on any atom is -0.504 e. The first-order valence-electron chi connectivity index (χ1n) is 8.64. The summed E-state index contributed by atoms with van der Waals surface area (Å²) in [5.41, 5.74) is 2.07. The lowest BCUT2D eigenvalue weighted by atomic mass is 10.2. The van der Waals surface area contributed by atoms with Crippen LogP contribution < -0.4 is 10.1 Å². The van der Waals surface area contributed by atoms with Gasteiger partial charge in [-0.15, -0.1) is 0 Å². The van der Waals surface area contributed by atoms with Crippen LogP contribution in [0.2, 0.25) is 0 Å². The molecule has 0 atom stereocenters. The zero-order valence-electron chi connectivity index (χ0n) is 15.3. The van der Waals surface area contributed by atoms with E-state index in [1.54, 1.807) is 24.3 Å². The summed E-state index contributed by atoms with van der Waals surface area (Å²) in [5, 5.41) is 12.4. The first-order valence-corrected chi connectivity index (χ1v) is 8.64. The lowest BCUT2D eigenvalue weighted by Gasteiger charge is -2.16. The van der Waals surface area contributed by atoms with Gasteiger partial charge < -0.3 is 20.1 Å². The minimum absolute atomic E-state index is 0.0775. The molecule has 0 aliphatic rings. The molecule has 2 rings (SSSR count). The fourth-order valence-corrected chi connectivity index (χ4v) is 2.56. The Hall–Kier alpha value is -2.79. The third-order valence-corrected chi connectivity index (χ3v) is 3.94. The van der Waals surface area contributed by atoms with Gasteiger partial charge in [0.15, 0.2) is 11.5 Å². The molecule has 1 amide bonds. The molecule has 5 heteroatoms. The maximum atomic E-state index is 11.9. The van der Waals surface area contributed by atoms with Crippen molar-refractivity contribution < 1.29 is 14.6 Å². The lowest BCUT2D eigenvalue weighted by Crippen LogP contribution is -2.26. The number of carbonyl (C=O) groups is 1. The Labute approximate surface area is 154 Å². The predicted octanol–water partition coefficient (Wildman–Crippen LogP) is 3.05. The monoisotopic (exact) mass is 354 g/mol. The highest BCUT2D eigenvalue weighted by atomic mass is 16.5. The van der Waals surface area contributed by atoms with Gasteiger partial charge in [-0.3, -0.25) is 4.79 Å². The molecule has 0 fully saturated rings. The van der Waals surface area contributed by atoms with Crippen molar-refractivity contribution in [2.45, 2.75) is 13.0 Å². The van der Waals surface area contributed by atoms with Gasteiger partial charge >= 0.3 is 0 Å². The van der Waals surface area contributed by atoms with Crippen LogP contribution in [-0.4, -0.2) is 43.2 Å². The highest BCUT2D eigenvalue weighted by Crippen LogP contribution is 2.26. The van der Waals surface area contributed by atoms with Gasteiger partial charge in [-0.05, 0) is 49.3 Å². The van der Waals surface area contributed by atoms with Crippen LogP contribution in [0.25, 0.3) is 6.08 Å². The molecular weight excluding hydrogens is 328 g/mol. The zero-order chi connectivity index (χ0) is 18.8. The Bertz CT molecular complexity index is 729. The number of amides is 1. The van der Waals surface area contributed by atoms with Gasteiger partial charge in [-0.25, -0.2) is 0 Å². The number of methoxy groups -OCH3 is 1. The maximum absolute atomic E-state index is 11.9. The average molecular weight is 354 g/mol. The van der Waals surface area contributed by atoms with Crippen molar-refractivity contribution in [3.8, 4) is 11.5 Å². The SMILES string of the molecule is COc1cc(/C=C/C(=O)NCCCN(C)Cc2ccccc2)ccc1O. The van der Waals surface area contributed by atoms with Crippen molar-refractivity contribution in [3.05, 3.63) is 65.7 Å². The van der Waals surface area contributed by atoms with E-state index in [1.807, 2.05) is 18.2 Å². The van der Waals surface area contributed by atoms with Crippen LogP contribution in [0, 0.1) is 0 Å². The van der Waals surface area contributed by atoms with E-state index < -0.39 is 0 Å². The van der Waals surface area contributed by atoms with Crippen molar-refractivity contribution in [1.29, 1.82) is 0 Å². The molecule has 5 nitrogen and oxygen atoms in total. The van der Waals surface area contributed by atoms with Crippen LogP contribution in [0.15, 0.2) is 54.6 Å². The molecule has 2 aromatic rings. The summed E-state index contributed by atoms with van der Waals surface area (Å²) in [4.78, 5) is 14.1. The van der Waals surface area contributed by atoms with Gasteiger partial charge in [-0.2, -0.15) is 0 Å². The van der Waals surface area contributed by atoms with E-state index >= 15 is 0 Å². The highest BCUT2D eigenvalue weighted by Gasteiger charge is 2.02. The van der Waals surface area contributed by atoms with E-state index in [4.69, 9.17) is 4.74 Å². The van der Waals surface area contributed by atoms with Gasteiger partial charge in [-0.1, -0.05) is 36.4 Å². The van der Waals surface area contributed by atoms with E-state index in [0.717, 1.165) is 25.1 Å². The number of phenols is 1. The first-order chi connectivity index (χ1) is 12.6. The van der Waals surface area contributed by atoms with E-state index in [-0.39, 0.29) is 11.7 Å². The molecule has 0 spiro atoms. The van der Waals surface area contributed by atoms with Gasteiger partial charge in [0.1, 0.15) is 0 Å². The number of ether oxygens (including phenoxy) is 1. The summed E-state index contributed by atoms with van der Waals surface area (Å²) >= 11 is 0. The van der Waals surface area contributed by atoms with Crippen LogP contribution in [0.5, 0.6) is 11.5 Å². The third-order valence-electron chi connectivity index (χ3n) is 3.94. The quantitative estimate of drug-likeness (QED) is 0.537. The number of nitrogens with one attached hydrogen (secondary N) is 1. The zero-order valence-corrected chi connectivity index (χ0v) is 15.3. The van der Waals surface area contributed by atoms with E-state index in [2.05, 4.69) is 29.4 Å². The largest absolute Gasteiger partial charge is 0.504 e. The fourth-order valence-electron chi connectivity index (χ4n) is 2.56. The maximum Gasteiger partial charge on any atom is 0.243 e. The van der Waals surface area contributed by atoms with Gasteiger partial charge in [0.05, 0.1) is 7.11 Å². The molecule has 138 valence electrons. The second-order valence-corrected chi connectivity index (χ2v) is 6.13. The molecule has 0 unspecified atom stereocenters. The Balaban J connectivity index is 1.68. The average Bonchev–Trinajstić information content (AvgIpc) is 2.65. The number of aromatic hydroxyl groups is 1. The lowest BCUT2D eigenvalue weighted by molar-refractivity contribution is -0.116. The molecule has 0 radical (unpaired) electrons. The van der Waals surface area contributed by atoms with Crippen molar-refractivity contribution in [2.75, 3.05) is 27.2 Å². The summed E-state index contributed by atoms with van der Waals surface area (Å²) < 4.78 is 5.05. The molecular formula is C21H26N2O3. The summed E-state index contributed by atoms with van der Waals surface area (Å²) in [6.45, 7) is 2.44.